The fourth-order valence-electron chi connectivity index (χ4n) is 4.81. The van der Waals surface area contributed by atoms with Crippen molar-refractivity contribution in [3.8, 4) is 40.1 Å². The maximum atomic E-state index is 13.7. The van der Waals surface area contributed by atoms with E-state index in [2.05, 4.69) is 0 Å². The fraction of sp³-hybridized carbons (Fsp3) is 0.444. The molecule has 3 heterocycles. The topological polar surface area (TPSA) is 269 Å². The second-order valence-electron chi connectivity index (χ2n) is 10.2. The van der Waals surface area contributed by atoms with Gasteiger partial charge in [-0.15, -0.1) is 0 Å². The molecule has 43 heavy (non-hydrogen) atoms. The first-order valence-electron chi connectivity index (χ1n) is 13.0. The Labute approximate surface area is 241 Å². The largest absolute Gasteiger partial charge is 0.507 e. The lowest BCUT2D eigenvalue weighted by Crippen LogP contribution is -2.60. The smallest absolute Gasteiger partial charge is 0.239 e. The van der Waals surface area contributed by atoms with Gasteiger partial charge in [0, 0.05) is 17.7 Å². The molecule has 1 aromatic heterocycles. The number of aromatic hydroxyl groups is 3. The van der Waals surface area contributed by atoms with E-state index in [0.717, 1.165) is 24.3 Å². The predicted octanol–water partition coefficient (Wildman–Crippen LogP) is -2.04. The molecule has 3 aromatic rings. The summed E-state index contributed by atoms with van der Waals surface area (Å²) in [5.41, 5.74) is -1.40. The van der Waals surface area contributed by atoms with E-state index in [1.165, 1.54) is 13.0 Å². The number of ether oxygens (including phenoxy) is 4. The molecule has 10 atom stereocenters. The second kappa shape index (κ2) is 11.8. The van der Waals surface area contributed by atoms with Gasteiger partial charge in [-0.1, -0.05) is 0 Å². The first kappa shape index (κ1) is 30.7. The van der Waals surface area contributed by atoms with Gasteiger partial charge in [0.25, 0.3) is 0 Å². The maximum Gasteiger partial charge on any atom is 0.239 e. The van der Waals surface area contributed by atoms with E-state index in [1.807, 2.05) is 0 Å². The number of rotatable bonds is 6. The van der Waals surface area contributed by atoms with Crippen molar-refractivity contribution in [2.24, 2.45) is 0 Å². The first-order chi connectivity index (χ1) is 20.3. The Morgan fingerprint density at radius 3 is 2.05 bits per heavy atom. The Balaban J connectivity index is 1.61. The van der Waals surface area contributed by atoms with Crippen LogP contribution in [-0.2, 0) is 9.47 Å². The van der Waals surface area contributed by atoms with Crippen LogP contribution in [0.1, 0.15) is 6.92 Å². The molecule has 2 aliphatic heterocycles. The van der Waals surface area contributed by atoms with E-state index in [1.54, 1.807) is 0 Å². The van der Waals surface area contributed by atoms with Crippen molar-refractivity contribution in [2.75, 3.05) is 6.61 Å². The van der Waals surface area contributed by atoms with Crippen LogP contribution in [0.25, 0.3) is 22.3 Å². The van der Waals surface area contributed by atoms with Gasteiger partial charge in [-0.3, -0.25) is 4.79 Å². The van der Waals surface area contributed by atoms with Crippen LogP contribution in [0.5, 0.6) is 28.7 Å². The van der Waals surface area contributed by atoms with Crippen molar-refractivity contribution < 1.29 is 74.4 Å². The molecule has 2 fully saturated rings. The van der Waals surface area contributed by atoms with Gasteiger partial charge < -0.3 is 74.4 Å². The zero-order valence-corrected chi connectivity index (χ0v) is 22.3. The van der Waals surface area contributed by atoms with Crippen molar-refractivity contribution in [3.63, 3.8) is 0 Å². The van der Waals surface area contributed by atoms with Crippen LogP contribution in [0.2, 0.25) is 0 Å². The molecular weight excluding hydrogens is 580 g/mol. The van der Waals surface area contributed by atoms with E-state index in [0.29, 0.717) is 0 Å². The highest BCUT2D eigenvalue weighted by Gasteiger charge is 2.46. The predicted molar refractivity (Wildman–Crippen MR) is 140 cm³/mol. The number of hydrogen-bond donors (Lipinski definition) is 10. The molecule has 0 saturated carbocycles. The van der Waals surface area contributed by atoms with Gasteiger partial charge in [0.1, 0.15) is 65.2 Å². The van der Waals surface area contributed by atoms with Gasteiger partial charge in [0.05, 0.1) is 12.7 Å². The Hall–Kier alpha value is -3.71. The van der Waals surface area contributed by atoms with Crippen molar-refractivity contribution in [1.29, 1.82) is 0 Å². The van der Waals surface area contributed by atoms with Gasteiger partial charge in [0.2, 0.25) is 23.8 Å². The maximum absolute atomic E-state index is 13.7. The van der Waals surface area contributed by atoms with Gasteiger partial charge in [0.15, 0.2) is 17.3 Å². The third-order valence-electron chi connectivity index (χ3n) is 7.29. The second-order valence-corrected chi connectivity index (χ2v) is 10.2. The number of phenolic OH excluding ortho intramolecular Hbond substituents is 3. The number of hydrogen-bond acceptors (Lipinski definition) is 16. The molecule has 0 bridgehead atoms. The molecule has 0 unspecified atom stereocenters. The molecule has 0 radical (unpaired) electrons. The minimum atomic E-state index is -1.92. The molecule has 5 rings (SSSR count). The molecule has 0 aliphatic carbocycles. The fourth-order valence-corrected chi connectivity index (χ4v) is 4.81. The number of fused-ring (bicyclic) bond motifs is 1. The van der Waals surface area contributed by atoms with Crippen molar-refractivity contribution in [1.82, 2.24) is 0 Å². The summed E-state index contributed by atoms with van der Waals surface area (Å²) in [6.07, 6.45) is -15.9. The standard InChI is InChI=1S/C27H30O16/c1-8-17(32)20(35)22(37)26(39-8)40-10-5-13(31)16-14(6-10)41-24(9-2-3-11(29)12(30)4-9)25(19(16)34)43-27-23(38)21(36)18(33)15(7-28)42-27/h2-6,8,15,17-18,20-23,26-33,35-38H,7H2,1H3/t8-,15+,17-,18+,20+,21-,22+,23+,26-,27+/m0/s1. The Morgan fingerprint density at radius 1 is 0.744 bits per heavy atom. The van der Waals surface area contributed by atoms with Crippen LogP contribution in [0.15, 0.2) is 39.5 Å². The van der Waals surface area contributed by atoms with E-state index < -0.39 is 108 Å². The molecule has 0 amide bonds. The summed E-state index contributed by atoms with van der Waals surface area (Å²) in [5, 5.41) is 101. The minimum absolute atomic E-state index is 0.0447. The van der Waals surface area contributed by atoms with Crippen molar-refractivity contribution in [2.45, 2.75) is 68.3 Å². The van der Waals surface area contributed by atoms with E-state index >= 15 is 0 Å². The summed E-state index contributed by atoms with van der Waals surface area (Å²) in [6.45, 7) is 0.650. The highest BCUT2D eigenvalue weighted by molar-refractivity contribution is 5.88. The molecule has 10 N–H and O–H groups in total. The van der Waals surface area contributed by atoms with Gasteiger partial charge >= 0.3 is 0 Å². The lowest BCUT2D eigenvalue weighted by Gasteiger charge is -2.39. The average molecular weight is 611 g/mol. The SMILES string of the molecule is C[C@@H]1O[C@@H](Oc2cc(O)c3c(=O)c(O[C@H]4O[C@H](CO)[C@@H](O)[C@H](O)[C@H]4O)c(-c4ccc(O)c(O)c4)oc3c2)[C@H](O)[C@H](O)[C@H]1O. The highest BCUT2D eigenvalue weighted by Crippen LogP contribution is 2.40. The van der Waals surface area contributed by atoms with Crippen LogP contribution in [0.3, 0.4) is 0 Å². The summed E-state index contributed by atoms with van der Waals surface area (Å²) >= 11 is 0. The lowest BCUT2D eigenvalue weighted by atomic mass is 9.99. The third kappa shape index (κ3) is 5.55. The lowest BCUT2D eigenvalue weighted by molar-refractivity contribution is -0.277. The monoisotopic (exact) mass is 610 g/mol. The molecule has 2 aromatic carbocycles. The van der Waals surface area contributed by atoms with E-state index in [-0.39, 0.29) is 16.9 Å². The summed E-state index contributed by atoms with van der Waals surface area (Å²) in [5.74, 6) is -3.14. The van der Waals surface area contributed by atoms with Gasteiger partial charge in [-0.25, -0.2) is 0 Å². The zero-order valence-electron chi connectivity index (χ0n) is 22.3. The number of benzene rings is 2. The highest BCUT2D eigenvalue weighted by atomic mass is 16.7. The molecular formula is C27H30O16. The number of phenols is 3. The van der Waals surface area contributed by atoms with E-state index in [4.69, 9.17) is 23.4 Å². The molecule has 0 spiro atoms. The molecule has 2 aliphatic rings. The van der Waals surface area contributed by atoms with Crippen LogP contribution < -0.4 is 14.9 Å². The number of aliphatic hydroxyl groups is 7. The van der Waals surface area contributed by atoms with Gasteiger partial charge in [-0.05, 0) is 25.1 Å². The third-order valence-corrected chi connectivity index (χ3v) is 7.29. The summed E-state index contributed by atoms with van der Waals surface area (Å²) < 4.78 is 27.8. The van der Waals surface area contributed by atoms with Gasteiger partial charge in [-0.2, -0.15) is 0 Å². The molecule has 16 heteroatoms. The van der Waals surface area contributed by atoms with Crippen molar-refractivity contribution >= 4 is 11.0 Å². The van der Waals surface area contributed by atoms with Crippen molar-refractivity contribution in [3.05, 3.63) is 40.6 Å². The Bertz CT molecular complexity index is 1540. The number of aliphatic hydroxyl groups excluding tert-OH is 7. The average Bonchev–Trinajstić information content (AvgIpc) is 2.97. The molecule has 234 valence electrons. The first-order valence-corrected chi connectivity index (χ1v) is 13.0. The zero-order chi connectivity index (χ0) is 31.3. The summed E-state index contributed by atoms with van der Waals surface area (Å²) in [7, 11) is 0. The molecule has 2 saturated heterocycles. The van der Waals surface area contributed by atoms with Crippen LogP contribution >= 0.6 is 0 Å². The quantitative estimate of drug-likeness (QED) is 0.135. The Morgan fingerprint density at radius 2 is 1.40 bits per heavy atom. The van der Waals surface area contributed by atoms with Crippen LogP contribution in [0.4, 0.5) is 0 Å². The summed E-state index contributed by atoms with van der Waals surface area (Å²) in [6, 6.07) is 5.43. The van der Waals surface area contributed by atoms with Crippen LogP contribution in [-0.4, -0.2) is 119 Å². The molecule has 16 nitrogen and oxygen atoms in total. The van der Waals surface area contributed by atoms with Crippen LogP contribution in [0, 0.1) is 0 Å². The minimum Gasteiger partial charge on any atom is -0.507 e. The normalized spacial score (nSPS) is 32.9. The van der Waals surface area contributed by atoms with E-state index in [9.17, 15) is 55.9 Å². The Kier molecular flexibility index (Phi) is 8.41. The summed E-state index contributed by atoms with van der Waals surface area (Å²) in [4.78, 5) is 13.7.